The summed E-state index contributed by atoms with van der Waals surface area (Å²) in [7, 11) is 0. The Morgan fingerprint density at radius 3 is 2.48 bits per heavy atom. The fourth-order valence-electron chi connectivity index (χ4n) is 6.92. The van der Waals surface area contributed by atoms with E-state index in [9.17, 15) is 19.2 Å². The topological polar surface area (TPSA) is 117 Å². The average molecular weight is 631 g/mol. The van der Waals surface area contributed by atoms with Gasteiger partial charge in [0.05, 0.1) is 18.7 Å². The first kappa shape index (κ1) is 31.9. The standard InChI is InChI=1S/C36H46N4O6/c1-34(2,3)46-33(44)39-17-14-24-12-13-26(19-25(24)23-39)36(15-16-36)38-32(43)28-20-35(4)21-29(35)40(28)31(42)22-37-30(41)11-8-18-45-27-9-6-5-7-10-27/h5-7,9-10,12-13,19,28-29H,8,11,14-18,20-23H2,1-4H3,(H,37,41)(H,38,43)/t28-,29-,35+/m0/s1. The molecule has 4 amide bonds. The van der Waals surface area contributed by atoms with E-state index in [0.717, 1.165) is 42.6 Å². The number of amides is 4. The van der Waals surface area contributed by atoms with Gasteiger partial charge in [0.2, 0.25) is 17.7 Å². The van der Waals surface area contributed by atoms with Gasteiger partial charge in [-0.2, -0.15) is 0 Å². The van der Waals surface area contributed by atoms with Crippen LogP contribution in [0.25, 0.3) is 0 Å². The second-order valence-corrected chi connectivity index (χ2v) is 14.6. The Bertz CT molecular complexity index is 1500. The van der Waals surface area contributed by atoms with Crippen LogP contribution in [-0.4, -0.2) is 71.0 Å². The van der Waals surface area contributed by atoms with Crippen LogP contribution in [0.3, 0.4) is 0 Å². The largest absolute Gasteiger partial charge is 0.494 e. The van der Waals surface area contributed by atoms with Crippen LogP contribution in [0.5, 0.6) is 5.75 Å². The lowest BCUT2D eigenvalue weighted by Crippen LogP contribution is -2.52. The third-order valence-electron chi connectivity index (χ3n) is 9.76. The molecule has 0 bridgehead atoms. The van der Waals surface area contributed by atoms with E-state index in [0.29, 0.717) is 32.5 Å². The molecule has 2 aliphatic carbocycles. The highest BCUT2D eigenvalue weighted by atomic mass is 16.6. The van der Waals surface area contributed by atoms with Gasteiger partial charge in [-0.05, 0) is 93.5 Å². The summed E-state index contributed by atoms with van der Waals surface area (Å²) in [6, 6.07) is 15.2. The molecule has 2 heterocycles. The van der Waals surface area contributed by atoms with Crippen LogP contribution in [-0.2, 0) is 37.6 Å². The van der Waals surface area contributed by atoms with Crippen LogP contribution in [0.2, 0.25) is 0 Å². The normalized spacial score (nSPS) is 23.9. The minimum atomic E-state index is -0.565. The number of likely N-dealkylation sites (tertiary alicyclic amines) is 1. The Morgan fingerprint density at radius 2 is 1.76 bits per heavy atom. The quantitative estimate of drug-likeness (QED) is 0.375. The van der Waals surface area contributed by atoms with Crippen molar-refractivity contribution in [3.63, 3.8) is 0 Å². The van der Waals surface area contributed by atoms with Gasteiger partial charge in [0.25, 0.3) is 0 Å². The smallest absolute Gasteiger partial charge is 0.410 e. The second-order valence-electron chi connectivity index (χ2n) is 14.6. The molecule has 10 heteroatoms. The number of benzene rings is 2. The lowest BCUT2D eigenvalue weighted by molar-refractivity contribution is -0.140. The van der Waals surface area contributed by atoms with E-state index in [4.69, 9.17) is 9.47 Å². The van der Waals surface area contributed by atoms with Crippen molar-refractivity contribution in [3.8, 4) is 5.75 Å². The van der Waals surface area contributed by atoms with Gasteiger partial charge >= 0.3 is 6.09 Å². The fourth-order valence-corrected chi connectivity index (χ4v) is 6.92. The van der Waals surface area contributed by atoms with Crippen molar-refractivity contribution in [2.45, 2.75) is 102 Å². The zero-order valence-corrected chi connectivity index (χ0v) is 27.4. The maximum atomic E-state index is 13.8. The molecule has 0 unspecified atom stereocenters. The number of carbonyl (C=O) groups is 4. The molecular formula is C36H46N4O6. The fraction of sp³-hybridized carbons (Fsp3) is 0.556. The molecular weight excluding hydrogens is 584 g/mol. The molecule has 2 aromatic rings. The van der Waals surface area contributed by atoms with Crippen LogP contribution in [0, 0.1) is 5.41 Å². The van der Waals surface area contributed by atoms with Crippen molar-refractivity contribution in [1.82, 2.24) is 20.4 Å². The summed E-state index contributed by atoms with van der Waals surface area (Å²) in [6.45, 7) is 9.09. The van der Waals surface area contributed by atoms with E-state index >= 15 is 0 Å². The molecule has 0 aromatic heterocycles. The molecule has 2 saturated carbocycles. The van der Waals surface area contributed by atoms with E-state index in [1.54, 1.807) is 9.80 Å². The zero-order valence-electron chi connectivity index (χ0n) is 27.4. The number of carbonyl (C=O) groups excluding carboxylic acids is 4. The van der Waals surface area contributed by atoms with Crippen molar-refractivity contribution in [2.75, 3.05) is 19.7 Å². The number of hydrogen-bond donors (Lipinski definition) is 2. The predicted molar refractivity (Wildman–Crippen MR) is 172 cm³/mol. The minimum absolute atomic E-state index is 0.0182. The predicted octanol–water partition coefficient (Wildman–Crippen LogP) is 4.44. The second kappa shape index (κ2) is 12.3. The third kappa shape index (κ3) is 7.00. The summed E-state index contributed by atoms with van der Waals surface area (Å²) in [5.74, 6) is 0.185. The summed E-state index contributed by atoms with van der Waals surface area (Å²) < 4.78 is 11.2. The molecule has 46 heavy (non-hydrogen) atoms. The van der Waals surface area contributed by atoms with Crippen LogP contribution in [0.15, 0.2) is 48.5 Å². The van der Waals surface area contributed by atoms with E-state index in [2.05, 4.69) is 35.8 Å². The van der Waals surface area contributed by atoms with Crippen LogP contribution in [0.1, 0.15) is 82.9 Å². The van der Waals surface area contributed by atoms with Gasteiger partial charge in [0, 0.05) is 25.6 Å². The molecule has 2 aromatic carbocycles. The number of piperidine rings is 1. The zero-order chi connectivity index (χ0) is 32.7. The Balaban J connectivity index is 1.04. The molecule has 246 valence electrons. The number of rotatable bonds is 10. The number of ether oxygens (including phenoxy) is 2. The van der Waals surface area contributed by atoms with E-state index < -0.39 is 17.2 Å². The van der Waals surface area contributed by atoms with Gasteiger partial charge in [-0.25, -0.2) is 4.79 Å². The average Bonchev–Trinajstić information content (AvgIpc) is 3.92. The molecule has 3 atom stereocenters. The molecule has 0 spiro atoms. The SMILES string of the molecule is CC(C)(C)OC(=O)N1CCc2ccc(C3(NC(=O)[C@@H]4C[C@]5(C)C[C@@H]5N4C(=O)CNC(=O)CCCOc4ccccc4)CC3)cc2C1. The first-order chi connectivity index (χ1) is 21.9. The van der Waals surface area contributed by atoms with Crippen molar-refractivity contribution < 1.29 is 28.7 Å². The molecule has 10 nitrogen and oxygen atoms in total. The summed E-state index contributed by atoms with van der Waals surface area (Å²) >= 11 is 0. The first-order valence-electron chi connectivity index (χ1n) is 16.5. The number of nitrogens with one attached hydrogen (secondary N) is 2. The van der Waals surface area contributed by atoms with Gasteiger partial charge in [-0.15, -0.1) is 0 Å². The van der Waals surface area contributed by atoms with Gasteiger partial charge in [0.15, 0.2) is 0 Å². The molecule has 1 saturated heterocycles. The highest BCUT2D eigenvalue weighted by Gasteiger charge is 2.65. The monoisotopic (exact) mass is 630 g/mol. The summed E-state index contributed by atoms with van der Waals surface area (Å²) in [6.07, 6.45) is 4.35. The van der Waals surface area contributed by atoms with Gasteiger partial charge in [0.1, 0.15) is 17.4 Å². The first-order valence-corrected chi connectivity index (χ1v) is 16.5. The van der Waals surface area contributed by atoms with Crippen LogP contribution < -0.4 is 15.4 Å². The highest BCUT2D eigenvalue weighted by molar-refractivity contribution is 5.92. The number of nitrogens with zero attached hydrogens (tertiary/aromatic N) is 2. The minimum Gasteiger partial charge on any atom is -0.494 e. The van der Waals surface area contributed by atoms with Crippen molar-refractivity contribution in [1.29, 1.82) is 0 Å². The van der Waals surface area contributed by atoms with Gasteiger partial charge < -0.3 is 29.9 Å². The number of fused-ring (bicyclic) bond motifs is 2. The summed E-state index contributed by atoms with van der Waals surface area (Å²) in [5, 5.41) is 6.07. The van der Waals surface area contributed by atoms with Gasteiger partial charge in [-0.3, -0.25) is 14.4 Å². The van der Waals surface area contributed by atoms with Gasteiger partial charge in [-0.1, -0.05) is 43.3 Å². The molecule has 0 radical (unpaired) electrons. The lowest BCUT2D eigenvalue weighted by atomic mass is 9.93. The third-order valence-corrected chi connectivity index (χ3v) is 9.76. The maximum Gasteiger partial charge on any atom is 0.410 e. The van der Waals surface area contributed by atoms with Crippen molar-refractivity contribution in [3.05, 3.63) is 65.2 Å². The molecule has 6 rings (SSSR count). The van der Waals surface area contributed by atoms with E-state index in [1.807, 2.05) is 51.1 Å². The summed E-state index contributed by atoms with van der Waals surface area (Å²) in [5.41, 5.74) is 2.21. The number of para-hydroxylation sites is 1. The van der Waals surface area contributed by atoms with E-state index in [1.165, 1.54) is 5.56 Å². The molecule has 2 aliphatic heterocycles. The highest BCUT2D eigenvalue weighted by Crippen LogP contribution is 2.59. The number of hydrogen-bond acceptors (Lipinski definition) is 6. The Hall–Kier alpha value is -4.08. The van der Waals surface area contributed by atoms with Crippen LogP contribution in [0.4, 0.5) is 4.79 Å². The Labute approximate surface area is 271 Å². The Morgan fingerprint density at radius 1 is 1.00 bits per heavy atom. The summed E-state index contributed by atoms with van der Waals surface area (Å²) in [4.78, 5) is 55.9. The molecule has 2 N–H and O–H groups in total. The maximum absolute atomic E-state index is 13.8. The van der Waals surface area contributed by atoms with Crippen molar-refractivity contribution in [2.24, 2.45) is 5.41 Å². The lowest BCUT2D eigenvalue weighted by Gasteiger charge is -2.32. The van der Waals surface area contributed by atoms with E-state index in [-0.39, 0.29) is 48.2 Å². The Kier molecular flexibility index (Phi) is 8.50. The van der Waals surface area contributed by atoms with Crippen LogP contribution >= 0.6 is 0 Å². The molecule has 4 aliphatic rings. The van der Waals surface area contributed by atoms with Crippen molar-refractivity contribution >= 4 is 23.8 Å². The molecule has 3 fully saturated rings.